The molecule has 0 saturated carbocycles. The molecule has 2 aromatic rings. The molecule has 2 unspecified atom stereocenters. The lowest BCUT2D eigenvalue weighted by Crippen LogP contribution is -2.41. The second-order valence-corrected chi connectivity index (χ2v) is 15.4. The number of carbonyl (C=O) groups is 2. The fourth-order valence-electron chi connectivity index (χ4n) is 7.34. The predicted octanol–water partition coefficient (Wildman–Crippen LogP) is 11.6. The summed E-state index contributed by atoms with van der Waals surface area (Å²) < 4.78 is 12.1. The third-order valence-corrected chi connectivity index (χ3v) is 11.3. The molecule has 46 heavy (non-hydrogen) atoms. The smallest absolute Gasteiger partial charge is 0.314 e. The zero-order chi connectivity index (χ0) is 35.3. The van der Waals surface area contributed by atoms with Crippen LogP contribution in [0.3, 0.4) is 0 Å². The molecule has 0 bridgehead atoms. The van der Waals surface area contributed by atoms with Gasteiger partial charge in [0.2, 0.25) is 0 Å². The van der Waals surface area contributed by atoms with Crippen molar-refractivity contribution in [3.63, 3.8) is 0 Å². The summed E-state index contributed by atoms with van der Waals surface area (Å²) in [6.07, 6.45) is 6.46. The van der Waals surface area contributed by atoms with Crippen molar-refractivity contribution in [2.24, 2.45) is 11.3 Å². The Kier molecular flexibility index (Phi) is 13.3. The Balaban J connectivity index is 2.42. The number of rotatable bonds is 16. The molecule has 0 aliphatic carbocycles. The Labute approximate surface area is 282 Å². The van der Waals surface area contributed by atoms with Crippen molar-refractivity contribution in [1.29, 1.82) is 0 Å². The van der Waals surface area contributed by atoms with Crippen molar-refractivity contribution < 1.29 is 19.1 Å². The van der Waals surface area contributed by atoms with Crippen LogP contribution in [0.2, 0.25) is 0 Å². The molecule has 0 aromatic heterocycles. The summed E-state index contributed by atoms with van der Waals surface area (Å²) in [6, 6.07) is 9.12. The van der Waals surface area contributed by atoms with Crippen LogP contribution in [0.15, 0.2) is 24.3 Å². The molecule has 4 heteroatoms. The van der Waals surface area contributed by atoms with Crippen LogP contribution in [-0.2, 0) is 25.2 Å². The van der Waals surface area contributed by atoms with Crippen molar-refractivity contribution in [1.82, 2.24) is 0 Å². The lowest BCUT2D eigenvalue weighted by molar-refractivity contribution is -0.172. The highest BCUT2D eigenvalue weighted by Crippen LogP contribution is 2.42. The maximum Gasteiger partial charge on any atom is 0.314 e. The second kappa shape index (κ2) is 15.5. The van der Waals surface area contributed by atoms with Gasteiger partial charge in [-0.1, -0.05) is 93.0 Å². The van der Waals surface area contributed by atoms with E-state index in [-0.39, 0.29) is 22.8 Å². The minimum Gasteiger partial charge on any atom is -0.459 e. The SMILES string of the molecule is CCCC(C)(CC)c1c(C)cc(C(C)(C)c2cc(C)c(OC(=O)C(CC)CC(CC)(CC)C(=O)OC(C)(C)CC)c(C)c2)cc1C. The Hall–Kier alpha value is -2.62. The number of aryl methyl sites for hydroxylation is 4. The van der Waals surface area contributed by atoms with Crippen LogP contribution < -0.4 is 4.74 Å². The summed E-state index contributed by atoms with van der Waals surface area (Å²) in [7, 11) is 0. The average molecular weight is 635 g/mol. The quantitative estimate of drug-likeness (QED) is 0.136. The average Bonchev–Trinajstić information content (AvgIpc) is 2.99. The van der Waals surface area contributed by atoms with Crippen LogP contribution in [-0.4, -0.2) is 17.5 Å². The molecule has 0 heterocycles. The normalized spacial score (nSPS) is 14.5. The number of hydrogen-bond acceptors (Lipinski definition) is 4. The second-order valence-electron chi connectivity index (χ2n) is 15.4. The first-order chi connectivity index (χ1) is 21.3. The van der Waals surface area contributed by atoms with E-state index in [9.17, 15) is 9.59 Å². The predicted molar refractivity (Wildman–Crippen MR) is 194 cm³/mol. The van der Waals surface area contributed by atoms with Gasteiger partial charge in [-0.25, -0.2) is 0 Å². The fraction of sp³-hybridized carbons (Fsp3) is 0.667. The first-order valence-electron chi connectivity index (χ1n) is 18.0. The number of carbonyl (C=O) groups excluding carboxylic acids is 2. The van der Waals surface area contributed by atoms with Gasteiger partial charge in [0.1, 0.15) is 11.4 Å². The van der Waals surface area contributed by atoms with Crippen molar-refractivity contribution >= 4 is 11.9 Å². The van der Waals surface area contributed by atoms with E-state index in [0.717, 1.165) is 24.0 Å². The summed E-state index contributed by atoms with van der Waals surface area (Å²) >= 11 is 0. The van der Waals surface area contributed by atoms with Gasteiger partial charge in [-0.2, -0.15) is 0 Å². The largest absolute Gasteiger partial charge is 0.459 e. The van der Waals surface area contributed by atoms with Crippen LogP contribution in [0.5, 0.6) is 5.75 Å². The monoisotopic (exact) mass is 634 g/mol. The lowest BCUT2D eigenvalue weighted by atomic mass is 9.70. The van der Waals surface area contributed by atoms with Crippen LogP contribution in [0.4, 0.5) is 0 Å². The van der Waals surface area contributed by atoms with Gasteiger partial charge >= 0.3 is 11.9 Å². The molecule has 2 rings (SSSR count). The van der Waals surface area contributed by atoms with E-state index in [1.165, 1.54) is 40.7 Å². The highest BCUT2D eigenvalue weighted by Gasteiger charge is 2.42. The number of esters is 2. The Morgan fingerprint density at radius 1 is 0.696 bits per heavy atom. The van der Waals surface area contributed by atoms with E-state index in [4.69, 9.17) is 9.47 Å². The van der Waals surface area contributed by atoms with Gasteiger partial charge in [0.15, 0.2) is 0 Å². The molecule has 0 amide bonds. The van der Waals surface area contributed by atoms with Crippen LogP contribution in [0.25, 0.3) is 0 Å². The maximum absolute atomic E-state index is 13.7. The molecular formula is C42H66O4. The molecule has 0 fully saturated rings. The number of ether oxygens (including phenoxy) is 2. The number of hydrogen-bond donors (Lipinski definition) is 0. The first-order valence-corrected chi connectivity index (χ1v) is 18.0. The molecule has 4 nitrogen and oxygen atoms in total. The standard InChI is InChI=1S/C42H66O4/c1-16-22-41(15,19-4)35-28(7)23-33(24-29(35)8)40(13,14)34-25-30(9)36(31(10)26-34)45-37(43)32(17-2)27-42(20-5,21-6)38(44)46-39(11,12)18-3/h23-26,32H,16-22,27H2,1-15H3. The minimum absolute atomic E-state index is 0.182. The summed E-state index contributed by atoms with van der Waals surface area (Å²) in [5, 5.41) is 0. The first kappa shape index (κ1) is 39.6. The molecule has 0 aliphatic rings. The Morgan fingerprint density at radius 3 is 1.57 bits per heavy atom. The van der Waals surface area contributed by atoms with Gasteiger partial charge in [0, 0.05) is 5.41 Å². The van der Waals surface area contributed by atoms with Crippen molar-refractivity contribution in [2.45, 2.75) is 172 Å². The molecular weight excluding hydrogens is 568 g/mol. The summed E-state index contributed by atoms with van der Waals surface area (Å²) in [6.45, 7) is 32.1. The zero-order valence-electron chi connectivity index (χ0n) is 32.2. The van der Waals surface area contributed by atoms with Crippen molar-refractivity contribution in [3.05, 3.63) is 63.2 Å². The highest BCUT2D eigenvalue weighted by molar-refractivity contribution is 5.80. The van der Waals surface area contributed by atoms with Crippen LogP contribution in [0.1, 0.15) is 166 Å². The molecule has 0 spiro atoms. The number of benzene rings is 2. The highest BCUT2D eigenvalue weighted by atomic mass is 16.6. The Bertz CT molecular complexity index is 1310. The third-order valence-electron chi connectivity index (χ3n) is 11.3. The van der Waals surface area contributed by atoms with Gasteiger partial charge in [0.05, 0.1) is 11.3 Å². The molecule has 0 N–H and O–H groups in total. The van der Waals surface area contributed by atoms with Gasteiger partial charge in [0.25, 0.3) is 0 Å². The van der Waals surface area contributed by atoms with Gasteiger partial charge in [-0.15, -0.1) is 0 Å². The van der Waals surface area contributed by atoms with Crippen LogP contribution >= 0.6 is 0 Å². The maximum atomic E-state index is 13.7. The third kappa shape index (κ3) is 8.45. The molecule has 0 saturated heterocycles. The van der Waals surface area contributed by atoms with E-state index in [0.29, 0.717) is 31.4 Å². The molecule has 258 valence electrons. The van der Waals surface area contributed by atoms with Crippen molar-refractivity contribution in [3.8, 4) is 5.75 Å². The fourth-order valence-corrected chi connectivity index (χ4v) is 7.34. The van der Waals surface area contributed by atoms with Crippen LogP contribution in [0, 0.1) is 39.0 Å². The lowest BCUT2D eigenvalue weighted by Gasteiger charge is -2.36. The molecule has 0 aliphatic heterocycles. The van der Waals surface area contributed by atoms with E-state index in [1.54, 1.807) is 0 Å². The van der Waals surface area contributed by atoms with Gasteiger partial charge in [-0.05, 0) is 131 Å². The van der Waals surface area contributed by atoms with Gasteiger partial charge in [-0.3, -0.25) is 9.59 Å². The minimum atomic E-state index is -0.721. The molecule has 2 atom stereocenters. The summed E-state index contributed by atoms with van der Waals surface area (Å²) in [5.74, 6) is -0.268. The Morgan fingerprint density at radius 2 is 1.17 bits per heavy atom. The zero-order valence-corrected chi connectivity index (χ0v) is 32.2. The van der Waals surface area contributed by atoms with E-state index >= 15 is 0 Å². The van der Waals surface area contributed by atoms with E-state index in [2.05, 4.69) is 72.7 Å². The van der Waals surface area contributed by atoms with Gasteiger partial charge < -0.3 is 9.47 Å². The summed E-state index contributed by atoms with van der Waals surface area (Å²) in [4.78, 5) is 27.2. The molecule has 2 aromatic carbocycles. The van der Waals surface area contributed by atoms with E-state index < -0.39 is 16.9 Å². The molecule has 0 radical (unpaired) electrons. The topological polar surface area (TPSA) is 52.6 Å². The van der Waals surface area contributed by atoms with E-state index in [1.807, 2.05) is 55.4 Å². The van der Waals surface area contributed by atoms with Crippen molar-refractivity contribution in [2.75, 3.05) is 0 Å². The summed E-state index contributed by atoms with van der Waals surface area (Å²) in [5.41, 5.74) is 7.29.